The van der Waals surface area contributed by atoms with E-state index in [1.807, 2.05) is 6.07 Å². The molecule has 1 unspecified atom stereocenters. The maximum Gasteiger partial charge on any atom is 0.0931 e. The van der Waals surface area contributed by atoms with Crippen molar-refractivity contribution in [1.82, 2.24) is 5.32 Å². The zero-order valence-electron chi connectivity index (χ0n) is 11.7. The molecule has 0 amide bonds. The monoisotopic (exact) mass is 305 g/mol. The van der Waals surface area contributed by atoms with Gasteiger partial charge in [0.15, 0.2) is 0 Å². The molecule has 1 aliphatic rings. The van der Waals surface area contributed by atoms with Crippen LogP contribution in [0.25, 0.3) is 0 Å². The molecule has 1 nitrogen and oxygen atoms in total. The van der Waals surface area contributed by atoms with Crippen LogP contribution in [0.1, 0.15) is 34.8 Å². The highest BCUT2D eigenvalue weighted by molar-refractivity contribution is 7.16. The molecule has 0 spiro atoms. The van der Waals surface area contributed by atoms with Gasteiger partial charge >= 0.3 is 0 Å². The highest BCUT2D eigenvalue weighted by Gasteiger charge is 2.23. The first kappa shape index (κ1) is 14.1. The smallest absolute Gasteiger partial charge is 0.0931 e. The Bertz CT molecular complexity index is 574. The standard InChI is InChI=1S/C17H20ClNS/c1-12-3-2-4-13(9-12)14(11-19-15-5-6-15)10-16-7-8-17(18)20-16/h2-4,7-9,14-15,19H,5-6,10-11H2,1H3. The van der Waals surface area contributed by atoms with Crippen LogP contribution in [0.15, 0.2) is 36.4 Å². The molecule has 3 rings (SSSR count). The Morgan fingerprint density at radius 1 is 1.30 bits per heavy atom. The second kappa shape index (κ2) is 6.30. The molecule has 106 valence electrons. The summed E-state index contributed by atoms with van der Waals surface area (Å²) in [5.74, 6) is 0.533. The van der Waals surface area contributed by atoms with Gasteiger partial charge in [0.1, 0.15) is 0 Å². The third kappa shape index (κ3) is 3.85. The summed E-state index contributed by atoms with van der Waals surface area (Å²) in [6.45, 7) is 3.22. The predicted octanol–water partition coefficient (Wildman–Crippen LogP) is 4.79. The van der Waals surface area contributed by atoms with Crippen LogP contribution in [0.4, 0.5) is 0 Å². The van der Waals surface area contributed by atoms with Crippen molar-refractivity contribution >= 4 is 22.9 Å². The van der Waals surface area contributed by atoms with Crippen molar-refractivity contribution in [3.05, 3.63) is 56.7 Å². The van der Waals surface area contributed by atoms with Crippen molar-refractivity contribution < 1.29 is 0 Å². The summed E-state index contributed by atoms with van der Waals surface area (Å²) in [5, 5.41) is 3.67. The summed E-state index contributed by atoms with van der Waals surface area (Å²) in [5.41, 5.74) is 2.77. The van der Waals surface area contributed by atoms with Crippen LogP contribution >= 0.6 is 22.9 Å². The van der Waals surface area contributed by atoms with E-state index < -0.39 is 0 Å². The number of hydrogen-bond acceptors (Lipinski definition) is 2. The predicted molar refractivity (Wildman–Crippen MR) is 88.0 cm³/mol. The summed E-state index contributed by atoms with van der Waals surface area (Å²) in [6, 6.07) is 13.8. The van der Waals surface area contributed by atoms with E-state index in [1.165, 1.54) is 28.8 Å². The average molecular weight is 306 g/mol. The Morgan fingerprint density at radius 3 is 2.80 bits per heavy atom. The Kier molecular flexibility index (Phi) is 4.45. The van der Waals surface area contributed by atoms with E-state index in [2.05, 4.69) is 42.6 Å². The lowest BCUT2D eigenvalue weighted by Crippen LogP contribution is -2.24. The van der Waals surface area contributed by atoms with Crippen LogP contribution in [0.2, 0.25) is 4.34 Å². The molecule has 1 aromatic heterocycles. The van der Waals surface area contributed by atoms with E-state index >= 15 is 0 Å². The van der Waals surface area contributed by atoms with Crippen molar-refractivity contribution in [2.75, 3.05) is 6.54 Å². The lowest BCUT2D eigenvalue weighted by Gasteiger charge is -2.18. The van der Waals surface area contributed by atoms with Gasteiger partial charge in [0.25, 0.3) is 0 Å². The number of thiophene rings is 1. The Labute approximate surface area is 130 Å². The quantitative estimate of drug-likeness (QED) is 0.809. The van der Waals surface area contributed by atoms with Gasteiger partial charge in [0, 0.05) is 23.4 Å². The first-order chi connectivity index (χ1) is 9.70. The third-order valence-electron chi connectivity index (χ3n) is 3.82. The van der Waals surface area contributed by atoms with Gasteiger partial charge in [-0.15, -0.1) is 11.3 Å². The Balaban J connectivity index is 1.74. The normalized spacial score (nSPS) is 16.3. The molecule has 2 aromatic rings. The van der Waals surface area contributed by atoms with E-state index in [4.69, 9.17) is 11.6 Å². The molecular weight excluding hydrogens is 286 g/mol. The van der Waals surface area contributed by atoms with Gasteiger partial charge in [0.05, 0.1) is 4.34 Å². The minimum Gasteiger partial charge on any atom is -0.313 e. The van der Waals surface area contributed by atoms with Gasteiger partial charge in [-0.3, -0.25) is 0 Å². The molecule has 1 fully saturated rings. The molecule has 1 saturated carbocycles. The highest BCUT2D eigenvalue weighted by Crippen LogP contribution is 2.29. The number of rotatable bonds is 6. The number of halogens is 1. The summed E-state index contributed by atoms with van der Waals surface area (Å²) >= 11 is 7.76. The van der Waals surface area contributed by atoms with Gasteiger partial charge in [-0.2, -0.15) is 0 Å². The van der Waals surface area contributed by atoms with Crippen molar-refractivity contribution in [3.8, 4) is 0 Å². The van der Waals surface area contributed by atoms with Crippen LogP contribution in [0.5, 0.6) is 0 Å². The van der Waals surface area contributed by atoms with Gasteiger partial charge in [0.2, 0.25) is 0 Å². The van der Waals surface area contributed by atoms with E-state index in [9.17, 15) is 0 Å². The molecular formula is C17H20ClNS. The van der Waals surface area contributed by atoms with Crippen molar-refractivity contribution in [3.63, 3.8) is 0 Å². The van der Waals surface area contributed by atoms with Gasteiger partial charge in [-0.1, -0.05) is 41.4 Å². The molecule has 0 bridgehead atoms. The third-order valence-corrected chi connectivity index (χ3v) is 5.07. The molecule has 1 heterocycles. The molecule has 0 aliphatic heterocycles. The van der Waals surface area contributed by atoms with Crippen LogP contribution < -0.4 is 5.32 Å². The molecule has 1 atom stereocenters. The molecule has 1 aliphatic carbocycles. The van der Waals surface area contributed by atoms with E-state index in [0.29, 0.717) is 5.92 Å². The van der Waals surface area contributed by atoms with Gasteiger partial charge < -0.3 is 5.32 Å². The van der Waals surface area contributed by atoms with Crippen LogP contribution in [-0.2, 0) is 6.42 Å². The molecule has 1 N–H and O–H groups in total. The summed E-state index contributed by atoms with van der Waals surface area (Å²) in [7, 11) is 0. The second-order valence-electron chi connectivity index (χ2n) is 5.70. The van der Waals surface area contributed by atoms with E-state index in [-0.39, 0.29) is 0 Å². The largest absolute Gasteiger partial charge is 0.313 e. The zero-order chi connectivity index (χ0) is 13.9. The zero-order valence-corrected chi connectivity index (χ0v) is 13.3. The number of benzene rings is 1. The number of aryl methyl sites for hydroxylation is 1. The topological polar surface area (TPSA) is 12.0 Å². The summed E-state index contributed by atoms with van der Waals surface area (Å²) < 4.78 is 0.887. The number of hydrogen-bond donors (Lipinski definition) is 1. The minimum absolute atomic E-state index is 0.533. The van der Waals surface area contributed by atoms with E-state index in [0.717, 1.165) is 23.3 Å². The average Bonchev–Trinajstić information content (AvgIpc) is 3.17. The fourth-order valence-electron chi connectivity index (χ4n) is 2.53. The lowest BCUT2D eigenvalue weighted by atomic mass is 9.93. The van der Waals surface area contributed by atoms with Crippen LogP contribution in [0, 0.1) is 6.92 Å². The van der Waals surface area contributed by atoms with E-state index in [1.54, 1.807) is 11.3 Å². The van der Waals surface area contributed by atoms with Gasteiger partial charge in [-0.25, -0.2) is 0 Å². The van der Waals surface area contributed by atoms with Crippen LogP contribution in [-0.4, -0.2) is 12.6 Å². The summed E-state index contributed by atoms with van der Waals surface area (Å²) in [6.07, 6.45) is 3.75. The fourth-order valence-corrected chi connectivity index (χ4v) is 3.70. The highest BCUT2D eigenvalue weighted by atomic mass is 35.5. The van der Waals surface area contributed by atoms with Crippen molar-refractivity contribution in [2.24, 2.45) is 0 Å². The second-order valence-corrected chi connectivity index (χ2v) is 7.50. The fraction of sp³-hybridized carbons (Fsp3) is 0.412. The molecule has 0 saturated heterocycles. The van der Waals surface area contributed by atoms with Crippen LogP contribution in [0.3, 0.4) is 0 Å². The maximum absolute atomic E-state index is 6.06. The van der Waals surface area contributed by atoms with Crippen molar-refractivity contribution in [2.45, 2.75) is 38.1 Å². The molecule has 1 aromatic carbocycles. The molecule has 3 heteroatoms. The SMILES string of the molecule is Cc1cccc(C(CNC2CC2)Cc2ccc(Cl)s2)c1. The first-order valence-electron chi connectivity index (χ1n) is 7.25. The molecule has 20 heavy (non-hydrogen) atoms. The lowest BCUT2D eigenvalue weighted by molar-refractivity contribution is 0.580. The van der Waals surface area contributed by atoms with Gasteiger partial charge in [-0.05, 0) is 43.9 Å². The first-order valence-corrected chi connectivity index (χ1v) is 8.44. The summed E-state index contributed by atoms with van der Waals surface area (Å²) in [4.78, 5) is 1.37. The molecule has 0 radical (unpaired) electrons. The number of nitrogens with one attached hydrogen (secondary N) is 1. The minimum atomic E-state index is 0.533. The maximum atomic E-state index is 6.06. The Hall–Kier alpha value is -0.830. The Morgan fingerprint density at radius 2 is 2.15 bits per heavy atom. The van der Waals surface area contributed by atoms with Crippen molar-refractivity contribution in [1.29, 1.82) is 0 Å².